The fourth-order valence-electron chi connectivity index (χ4n) is 5.61. The first-order valence-electron chi connectivity index (χ1n) is 9.29. The standard InChI is InChI=1S/C10H16O4S.C8H13NO/c1-9(2)7-3-4-10(9,8(11)5-7)6-15(12,13)14;10-7-3-1-4-8(7)5-2-6-9-8/h7H,3-6H2,1-2H3,(H,12,13,14);9H,1-6H2/t7-,10-;8-/m00/s1. The van der Waals surface area contributed by atoms with Crippen LogP contribution in [0.15, 0.2) is 0 Å². The summed E-state index contributed by atoms with van der Waals surface area (Å²) in [5.41, 5.74) is -1.16. The van der Waals surface area contributed by atoms with Crippen molar-refractivity contribution >= 4 is 21.7 Å². The highest BCUT2D eigenvalue weighted by atomic mass is 32.2. The number of carbonyl (C=O) groups is 2. The maximum atomic E-state index is 11.9. The van der Waals surface area contributed by atoms with Crippen molar-refractivity contribution < 1.29 is 22.6 Å². The van der Waals surface area contributed by atoms with Crippen LogP contribution >= 0.6 is 0 Å². The first-order valence-corrected chi connectivity index (χ1v) is 10.9. The van der Waals surface area contributed by atoms with Crippen LogP contribution < -0.4 is 5.32 Å². The predicted octanol–water partition coefficient (Wildman–Crippen LogP) is 2.13. The Kier molecular flexibility index (Phi) is 4.66. The molecule has 0 aromatic heterocycles. The van der Waals surface area contributed by atoms with E-state index >= 15 is 0 Å². The number of ketones is 2. The second-order valence-electron chi connectivity index (χ2n) is 8.78. The summed E-state index contributed by atoms with van der Waals surface area (Å²) < 4.78 is 31.0. The number of fused-ring (bicyclic) bond motifs is 2. The zero-order valence-corrected chi connectivity index (χ0v) is 16.0. The van der Waals surface area contributed by atoms with Gasteiger partial charge in [-0.2, -0.15) is 8.42 Å². The van der Waals surface area contributed by atoms with E-state index < -0.39 is 21.3 Å². The molecule has 1 aliphatic heterocycles. The number of nitrogens with one attached hydrogen (secondary N) is 1. The number of hydrogen-bond acceptors (Lipinski definition) is 5. The first-order chi connectivity index (χ1) is 11.5. The topological polar surface area (TPSA) is 101 Å². The van der Waals surface area contributed by atoms with Gasteiger partial charge < -0.3 is 5.32 Å². The van der Waals surface area contributed by atoms with E-state index in [0.717, 1.165) is 38.6 Å². The van der Waals surface area contributed by atoms with E-state index in [1.807, 2.05) is 13.8 Å². The van der Waals surface area contributed by atoms with Crippen LogP contribution in [0.1, 0.15) is 65.2 Å². The molecule has 0 unspecified atom stereocenters. The minimum Gasteiger partial charge on any atom is -0.305 e. The van der Waals surface area contributed by atoms with Crippen molar-refractivity contribution in [3.63, 3.8) is 0 Å². The van der Waals surface area contributed by atoms with Gasteiger partial charge in [0.15, 0.2) is 5.78 Å². The second kappa shape index (κ2) is 6.13. The zero-order valence-electron chi connectivity index (χ0n) is 15.1. The minimum atomic E-state index is -4.08. The zero-order chi connectivity index (χ0) is 18.5. The van der Waals surface area contributed by atoms with Crippen LogP contribution in [0.2, 0.25) is 0 Å². The third-order valence-corrected chi connectivity index (χ3v) is 8.21. The van der Waals surface area contributed by atoms with E-state index in [2.05, 4.69) is 5.32 Å². The third-order valence-electron chi connectivity index (χ3n) is 7.35. The van der Waals surface area contributed by atoms with Crippen LogP contribution in [0.3, 0.4) is 0 Å². The molecule has 4 fully saturated rings. The molecule has 3 aliphatic carbocycles. The summed E-state index contributed by atoms with van der Waals surface area (Å²) in [4.78, 5) is 23.2. The normalized spacial score (nSPS) is 39.1. The van der Waals surface area contributed by atoms with Crippen molar-refractivity contribution in [2.24, 2.45) is 16.7 Å². The van der Waals surface area contributed by atoms with Crippen LogP contribution in [-0.2, 0) is 19.7 Å². The molecule has 1 spiro atoms. The molecule has 4 aliphatic rings. The molecule has 6 nitrogen and oxygen atoms in total. The van der Waals surface area contributed by atoms with Gasteiger partial charge in [0.25, 0.3) is 10.1 Å². The maximum absolute atomic E-state index is 11.9. The van der Waals surface area contributed by atoms with Crippen LogP contribution in [0.4, 0.5) is 0 Å². The molecule has 1 heterocycles. The van der Waals surface area contributed by atoms with Crippen molar-refractivity contribution in [3.8, 4) is 0 Å². The summed E-state index contributed by atoms with van der Waals surface area (Å²) in [7, 11) is -4.08. The van der Waals surface area contributed by atoms with Gasteiger partial charge in [-0.1, -0.05) is 13.8 Å². The van der Waals surface area contributed by atoms with E-state index in [0.29, 0.717) is 18.6 Å². The third kappa shape index (κ3) is 3.08. The lowest BCUT2D eigenvalue weighted by atomic mass is 9.70. The average Bonchev–Trinajstić information content (AvgIpc) is 3.20. The fraction of sp³-hybridized carbons (Fsp3) is 0.889. The molecule has 4 rings (SSSR count). The summed E-state index contributed by atoms with van der Waals surface area (Å²) in [5.74, 6) is 0.362. The van der Waals surface area contributed by atoms with Crippen LogP contribution in [0, 0.1) is 16.7 Å². The Bertz CT molecular complexity index is 672. The predicted molar refractivity (Wildman–Crippen MR) is 93.8 cm³/mol. The number of carbonyl (C=O) groups excluding carboxylic acids is 2. The van der Waals surface area contributed by atoms with Gasteiger partial charge in [0, 0.05) is 12.8 Å². The molecular weight excluding hydrogens is 342 g/mol. The van der Waals surface area contributed by atoms with Gasteiger partial charge >= 0.3 is 0 Å². The molecule has 25 heavy (non-hydrogen) atoms. The number of rotatable bonds is 2. The minimum absolute atomic E-state index is 0.0152. The van der Waals surface area contributed by atoms with Gasteiger partial charge in [0.1, 0.15) is 5.78 Å². The summed E-state index contributed by atoms with van der Waals surface area (Å²) >= 11 is 0. The number of Topliss-reactive ketones (excluding diaryl/α,β-unsaturated/α-hetero) is 2. The lowest BCUT2D eigenvalue weighted by Gasteiger charge is -2.35. The number of hydrogen-bond donors (Lipinski definition) is 2. The van der Waals surface area contributed by atoms with Gasteiger partial charge in [-0.3, -0.25) is 14.1 Å². The van der Waals surface area contributed by atoms with Crippen molar-refractivity contribution in [1.82, 2.24) is 5.32 Å². The molecule has 2 N–H and O–H groups in total. The van der Waals surface area contributed by atoms with Crippen LogP contribution in [0.25, 0.3) is 0 Å². The SMILES string of the molecule is CC1(C)[C@H]2CC[C@]1(CS(=O)(=O)O)C(=O)C2.O=C1CCC[C@]12CCCN2. The molecule has 1 saturated heterocycles. The first kappa shape index (κ1) is 19.0. The molecule has 0 amide bonds. The van der Waals surface area contributed by atoms with Gasteiger partial charge in [-0.15, -0.1) is 0 Å². The van der Waals surface area contributed by atoms with Gasteiger partial charge in [0.05, 0.1) is 16.7 Å². The van der Waals surface area contributed by atoms with E-state index in [1.165, 1.54) is 6.42 Å². The van der Waals surface area contributed by atoms with Gasteiger partial charge in [-0.05, 0) is 56.4 Å². The average molecular weight is 371 g/mol. The smallest absolute Gasteiger partial charge is 0.265 e. The summed E-state index contributed by atoms with van der Waals surface area (Å²) in [6.07, 6.45) is 7.25. The molecule has 3 atom stereocenters. The quantitative estimate of drug-likeness (QED) is 0.721. The van der Waals surface area contributed by atoms with E-state index in [1.54, 1.807) is 0 Å². The summed E-state index contributed by atoms with van der Waals surface area (Å²) in [5, 5.41) is 3.33. The second-order valence-corrected chi connectivity index (χ2v) is 10.2. The van der Waals surface area contributed by atoms with Crippen LogP contribution in [-0.4, -0.2) is 42.4 Å². The Balaban J connectivity index is 0.000000157. The Labute approximate surface area is 149 Å². The van der Waals surface area contributed by atoms with Crippen molar-refractivity contribution in [2.45, 2.75) is 70.8 Å². The van der Waals surface area contributed by atoms with Gasteiger partial charge in [0.2, 0.25) is 0 Å². The monoisotopic (exact) mass is 371 g/mol. The van der Waals surface area contributed by atoms with E-state index in [-0.39, 0.29) is 22.7 Å². The van der Waals surface area contributed by atoms with E-state index in [4.69, 9.17) is 4.55 Å². The Morgan fingerprint density at radius 2 is 1.80 bits per heavy atom. The molecule has 0 aromatic carbocycles. The van der Waals surface area contributed by atoms with Crippen molar-refractivity contribution in [1.29, 1.82) is 0 Å². The largest absolute Gasteiger partial charge is 0.305 e. The fourth-order valence-corrected chi connectivity index (χ4v) is 6.91. The lowest BCUT2D eigenvalue weighted by Crippen LogP contribution is -2.43. The van der Waals surface area contributed by atoms with Crippen LogP contribution in [0.5, 0.6) is 0 Å². The highest BCUT2D eigenvalue weighted by Crippen LogP contribution is 2.64. The van der Waals surface area contributed by atoms with Crippen molar-refractivity contribution in [3.05, 3.63) is 0 Å². The van der Waals surface area contributed by atoms with E-state index in [9.17, 15) is 18.0 Å². The van der Waals surface area contributed by atoms with Crippen molar-refractivity contribution in [2.75, 3.05) is 12.3 Å². The Morgan fingerprint density at radius 3 is 2.20 bits per heavy atom. The van der Waals surface area contributed by atoms with Gasteiger partial charge in [-0.25, -0.2) is 0 Å². The lowest BCUT2D eigenvalue weighted by molar-refractivity contribution is -0.128. The molecule has 0 radical (unpaired) electrons. The Morgan fingerprint density at radius 1 is 1.12 bits per heavy atom. The maximum Gasteiger partial charge on any atom is 0.265 e. The molecule has 142 valence electrons. The summed E-state index contributed by atoms with van der Waals surface area (Å²) in [6.45, 7) is 4.94. The molecule has 7 heteroatoms. The molecule has 3 saturated carbocycles. The summed E-state index contributed by atoms with van der Waals surface area (Å²) in [6, 6.07) is 0. The Hall–Kier alpha value is -0.790. The molecule has 0 aromatic rings. The highest BCUT2D eigenvalue weighted by molar-refractivity contribution is 7.85. The highest BCUT2D eigenvalue weighted by Gasteiger charge is 2.65. The molecular formula is C18H29NO5S. The molecule has 2 bridgehead atoms.